The van der Waals surface area contributed by atoms with Gasteiger partial charge in [0, 0.05) is 30.3 Å². The second kappa shape index (κ2) is 9.68. The Balaban J connectivity index is 1.69. The van der Waals surface area contributed by atoms with E-state index in [2.05, 4.69) is 20.8 Å². The van der Waals surface area contributed by atoms with Gasteiger partial charge in [-0.1, -0.05) is 37.4 Å². The summed E-state index contributed by atoms with van der Waals surface area (Å²) in [6, 6.07) is 5.43. The Morgan fingerprint density at radius 3 is 2.79 bits per heavy atom. The molecular formula is C21H30N4O3. The fraction of sp³-hybridized carbons (Fsp3) is 0.571. The van der Waals surface area contributed by atoms with Crippen molar-refractivity contribution in [3.05, 3.63) is 29.6 Å². The van der Waals surface area contributed by atoms with Crippen LogP contribution in [0.15, 0.2) is 22.7 Å². The van der Waals surface area contributed by atoms with E-state index in [4.69, 9.17) is 4.52 Å². The molecular weight excluding hydrogens is 356 g/mol. The summed E-state index contributed by atoms with van der Waals surface area (Å²) in [5.41, 5.74) is 2.43. The van der Waals surface area contributed by atoms with Gasteiger partial charge in [0.25, 0.3) is 5.89 Å². The van der Waals surface area contributed by atoms with Gasteiger partial charge in [0.2, 0.25) is 0 Å². The molecule has 2 amide bonds. The van der Waals surface area contributed by atoms with E-state index in [9.17, 15) is 9.90 Å². The van der Waals surface area contributed by atoms with E-state index < -0.39 is 0 Å². The Hall–Kier alpha value is -2.41. The van der Waals surface area contributed by atoms with E-state index in [0.29, 0.717) is 36.2 Å². The minimum absolute atomic E-state index is 0.00292. The summed E-state index contributed by atoms with van der Waals surface area (Å²) in [6.07, 6.45) is 7.15. The summed E-state index contributed by atoms with van der Waals surface area (Å²) in [5.74, 6) is 1.53. The van der Waals surface area contributed by atoms with Crippen LogP contribution in [-0.4, -0.2) is 33.9 Å². The standard InChI is InChI=1S/C21H30N4O3/c1-3-19-24-20(28-25-19)16-10-9-14(2)18(13-16)23-21(27)22-17(11-12-26)15-7-5-4-6-8-15/h9-10,13,15,17,26H,3-8,11-12H2,1-2H3,(H2,22,23,27). The Labute approximate surface area is 165 Å². The molecule has 3 N–H and O–H groups in total. The van der Waals surface area contributed by atoms with Gasteiger partial charge < -0.3 is 20.3 Å². The number of nitrogens with zero attached hydrogens (tertiary/aromatic N) is 2. The molecule has 0 saturated heterocycles. The van der Waals surface area contributed by atoms with Gasteiger partial charge in [-0.05, 0) is 49.8 Å². The average molecular weight is 386 g/mol. The van der Waals surface area contributed by atoms with Crippen LogP contribution in [0.3, 0.4) is 0 Å². The zero-order valence-electron chi connectivity index (χ0n) is 16.7. The Morgan fingerprint density at radius 1 is 1.32 bits per heavy atom. The number of rotatable bonds is 7. The van der Waals surface area contributed by atoms with Crippen LogP contribution in [0.25, 0.3) is 11.5 Å². The number of aliphatic hydroxyl groups excluding tert-OH is 1. The van der Waals surface area contributed by atoms with Crippen molar-refractivity contribution in [2.75, 3.05) is 11.9 Å². The average Bonchev–Trinajstić information content (AvgIpc) is 3.19. The van der Waals surface area contributed by atoms with Crippen molar-refractivity contribution in [3.8, 4) is 11.5 Å². The number of anilines is 1. The van der Waals surface area contributed by atoms with Crippen molar-refractivity contribution in [2.24, 2.45) is 5.92 Å². The fourth-order valence-corrected chi connectivity index (χ4v) is 3.83. The molecule has 0 radical (unpaired) electrons. The Bertz CT molecular complexity index is 784. The molecule has 1 saturated carbocycles. The summed E-state index contributed by atoms with van der Waals surface area (Å²) in [7, 11) is 0. The minimum Gasteiger partial charge on any atom is -0.396 e. The molecule has 3 rings (SSSR count). The highest BCUT2D eigenvalue weighted by atomic mass is 16.5. The molecule has 1 aliphatic rings. The molecule has 28 heavy (non-hydrogen) atoms. The first-order chi connectivity index (χ1) is 13.6. The number of aromatic nitrogens is 2. The molecule has 0 bridgehead atoms. The van der Waals surface area contributed by atoms with Gasteiger partial charge in [-0.2, -0.15) is 4.98 Å². The highest BCUT2D eigenvalue weighted by Crippen LogP contribution is 2.28. The largest absolute Gasteiger partial charge is 0.396 e. The zero-order chi connectivity index (χ0) is 19.9. The predicted molar refractivity (Wildman–Crippen MR) is 108 cm³/mol. The maximum atomic E-state index is 12.6. The van der Waals surface area contributed by atoms with E-state index in [1.807, 2.05) is 32.0 Å². The molecule has 152 valence electrons. The van der Waals surface area contributed by atoms with Gasteiger partial charge in [-0.3, -0.25) is 0 Å². The third-order valence-corrected chi connectivity index (χ3v) is 5.49. The molecule has 1 heterocycles. The molecule has 1 aromatic carbocycles. The number of benzene rings is 1. The van der Waals surface area contributed by atoms with Crippen molar-refractivity contribution >= 4 is 11.7 Å². The third-order valence-electron chi connectivity index (χ3n) is 5.49. The van der Waals surface area contributed by atoms with Crippen molar-refractivity contribution in [3.63, 3.8) is 0 Å². The van der Waals surface area contributed by atoms with Gasteiger partial charge >= 0.3 is 6.03 Å². The number of aliphatic hydroxyl groups is 1. The molecule has 1 fully saturated rings. The number of nitrogens with one attached hydrogen (secondary N) is 2. The molecule has 1 atom stereocenters. The van der Waals surface area contributed by atoms with Crippen LogP contribution in [-0.2, 0) is 6.42 Å². The van der Waals surface area contributed by atoms with Crippen LogP contribution in [0, 0.1) is 12.8 Å². The van der Waals surface area contributed by atoms with Crippen molar-refractivity contribution in [2.45, 2.75) is 64.8 Å². The number of amides is 2. The lowest BCUT2D eigenvalue weighted by Gasteiger charge is -2.30. The highest BCUT2D eigenvalue weighted by Gasteiger charge is 2.25. The molecule has 7 heteroatoms. The lowest BCUT2D eigenvalue weighted by atomic mass is 9.83. The number of urea groups is 1. The van der Waals surface area contributed by atoms with Gasteiger partial charge in [0.05, 0.1) is 0 Å². The summed E-state index contributed by atoms with van der Waals surface area (Å²) >= 11 is 0. The maximum Gasteiger partial charge on any atom is 0.319 e. The van der Waals surface area contributed by atoms with Gasteiger partial charge in [0.1, 0.15) is 0 Å². The molecule has 1 unspecified atom stereocenters. The van der Waals surface area contributed by atoms with Crippen molar-refractivity contribution < 1.29 is 14.4 Å². The van der Waals surface area contributed by atoms with E-state index in [-0.39, 0.29) is 18.7 Å². The quantitative estimate of drug-likeness (QED) is 0.666. The summed E-state index contributed by atoms with van der Waals surface area (Å²) in [6.45, 7) is 3.99. The summed E-state index contributed by atoms with van der Waals surface area (Å²) in [4.78, 5) is 17.0. The zero-order valence-corrected chi connectivity index (χ0v) is 16.7. The predicted octanol–water partition coefficient (Wildman–Crippen LogP) is 4.06. The van der Waals surface area contributed by atoms with E-state index in [0.717, 1.165) is 24.0 Å². The van der Waals surface area contributed by atoms with E-state index in [1.54, 1.807) is 0 Å². The van der Waals surface area contributed by atoms with Crippen molar-refractivity contribution in [1.82, 2.24) is 15.5 Å². The van der Waals surface area contributed by atoms with Crippen LogP contribution in [0.4, 0.5) is 10.5 Å². The normalized spacial score (nSPS) is 16.0. The minimum atomic E-state index is -0.246. The number of hydrogen-bond acceptors (Lipinski definition) is 5. The lowest BCUT2D eigenvalue weighted by Crippen LogP contribution is -2.43. The molecule has 0 spiro atoms. The summed E-state index contributed by atoms with van der Waals surface area (Å²) < 4.78 is 5.30. The number of carbonyl (C=O) groups excluding carboxylic acids is 1. The van der Waals surface area contributed by atoms with Crippen LogP contribution < -0.4 is 10.6 Å². The van der Waals surface area contributed by atoms with E-state index in [1.165, 1.54) is 19.3 Å². The van der Waals surface area contributed by atoms with Gasteiger partial charge in [0.15, 0.2) is 5.82 Å². The van der Waals surface area contributed by atoms with E-state index >= 15 is 0 Å². The molecule has 0 aliphatic heterocycles. The smallest absolute Gasteiger partial charge is 0.319 e. The first-order valence-electron chi connectivity index (χ1n) is 10.2. The summed E-state index contributed by atoms with van der Waals surface area (Å²) in [5, 5.41) is 19.4. The van der Waals surface area contributed by atoms with Crippen LogP contribution >= 0.6 is 0 Å². The monoisotopic (exact) mass is 386 g/mol. The molecule has 7 nitrogen and oxygen atoms in total. The second-order valence-corrected chi connectivity index (χ2v) is 7.51. The first-order valence-corrected chi connectivity index (χ1v) is 10.2. The maximum absolute atomic E-state index is 12.6. The van der Waals surface area contributed by atoms with Gasteiger partial charge in [-0.25, -0.2) is 4.79 Å². The Kier molecular flexibility index (Phi) is 7.03. The first kappa shape index (κ1) is 20.3. The lowest BCUT2D eigenvalue weighted by molar-refractivity contribution is 0.202. The second-order valence-electron chi connectivity index (χ2n) is 7.51. The third kappa shape index (κ3) is 5.10. The number of aryl methyl sites for hydroxylation is 2. The molecule has 1 aliphatic carbocycles. The molecule has 2 aromatic rings. The van der Waals surface area contributed by atoms with Crippen LogP contribution in [0.2, 0.25) is 0 Å². The highest BCUT2D eigenvalue weighted by molar-refractivity contribution is 5.91. The van der Waals surface area contributed by atoms with Gasteiger partial charge in [-0.15, -0.1) is 0 Å². The number of carbonyl (C=O) groups is 1. The molecule has 1 aromatic heterocycles. The Morgan fingerprint density at radius 2 is 2.11 bits per heavy atom. The van der Waals surface area contributed by atoms with Crippen molar-refractivity contribution in [1.29, 1.82) is 0 Å². The number of hydrogen-bond donors (Lipinski definition) is 3. The van der Waals surface area contributed by atoms with Crippen LogP contribution in [0.1, 0.15) is 56.8 Å². The van der Waals surface area contributed by atoms with Crippen LogP contribution in [0.5, 0.6) is 0 Å². The fourth-order valence-electron chi connectivity index (χ4n) is 3.83. The SMILES string of the molecule is CCc1noc(-c2ccc(C)c(NC(=O)NC(CCO)C3CCCCC3)c2)n1. The topological polar surface area (TPSA) is 100 Å².